The quantitative estimate of drug-likeness (QED) is 0.151. The normalized spacial score (nSPS) is 22.7. The fourth-order valence-corrected chi connectivity index (χ4v) is 6.07. The van der Waals surface area contributed by atoms with Crippen LogP contribution in [0.3, 0.4) is 0 Å². The summed E-state index contributed by atoms with van der Waals surface area (Å²) in [5.74, 6) is -2.66. The Bertz CT molecular complexity index is 1370. The smallest absolute Gasteiger partial charge is 0.202 e. The molecule has 0 spiro atoms. The molecule has 0 aliphatic heterocycles. The van der Waals surface area contributed by atoms with Gasteiger partial charge in [0.2, 0.25) is 5.78 Å². The van der Waals surface area contributed by atoms with Crippen molar-refractivity contribution in [3.05, 3.63) is 51.6 Å². The third-order valence-corrected chi connectivity index (χ3v) is 8.19. The van der Waals surface area contributed by atoms with Gasteiger partial charge in [0.25, 0.3) is 0 Å². The van der Waals surface area contributed by atoms with E-state index < -0.39 is 47.2 Å². The van der Waals surface area contributed by atoms with Crippen LogP contribution in [0, 0.1) is 5.92 Å². The molecule has 40 heavy (non-hydrogen) atoms. The zero-order valence-corrected chi connectivity index (χ0v) is 23.4. The number of methoxy groups -OCH3 is 1. The van der Waals surface area contributed by atoms with E-state index in [0.29, 0.717) is 18.6 Å². The van der Waals surface area contributed by atoms with Crippen LogP contribution >= 0.6 is 0 Å². The van der Waals surface area contributed by atoms with Crippen LogP contribution in [-0.4, -0.2) is 75.0 Å². The van der Waals surface area contributed by atoms with Gasteiger partial charge in [0.1, 0.15) is 22.8 Å². The molecule has 2 aromatic rings. The standard InChI is InChI=1S/C30H37NO9/c1-6-17(32)14(3)11-21(33)40-19-13-30(38,20(7-2)31-4)12-16-23(19)29(37)25-24(27(16)35)26(34)15-9-8-10-18(39-5)22(15)28(25)36/h8-10,14,17,19,21,32-33,35,37-38H,6-7,11-13H2,1-5H3/b31-20+. The maximum Gasteiger partial charge on any atom is 0.202 e. The Morgan fingerprint density at radius 1 is 1.10 bits per heavy atom. The lowest BCUT2D eigenvalue weighted by Gasteiger charge is -2.41. The Balaban J connectivity index is 1.90. The van der Waals surface area contributed by atoms with E-state index in [1.807, 2.05) is 13.8 Å². The summed E-state index contributed by atoms with van der Waals surface area (Å²) in [6.45, 7) is 5.39. The fourth-order valence-electron chi connectivity index (χ4n) is 6.07. The number of phenols is 2. The van der Waals surface area contributed by atoms with Gasteiger partial charge in [-0.1, -0.05) is 32.9 Å². The molecular formula is C30H37NO9. The molecule has 0 radical (unpaired) electrons. The van der Waals surface area contributed by atoms with Gasteiger partial charge in [-0.3, -0.25) is 14.6 Å². The van der Waals surface area contributed by atoms with Gasteiger partial charge < -0.3 is 35.0 Å². The Hall–Kier alpha value is -3.31. The van der Waals surface area contributed by atoms with E-state index in [9.17, 15) is 35.1 Å². The predicted octanol–water partition coefficient (Wildman–Crippen LogP) is 3.21. The third kappa shape index (κ3) is 4.79. The first-order valence-electron chi connectivity index (χ1n) is 13.5. The molecule has 5 unspecified atom stereocenters. The van der Waals surface area contributed by atoms with Crippen molar-refractivity contribution < 1.29 is 44.6 Å². The molecule has 216 valence electrons. The van der Waals surface area contributed by atoms with Crippen LogP contribution in [0.5, 0.6) is 17.2 Å². The molecule has 0 fully saturated rings. The summed E-state index contributed by atoms with van der Waals surface area (Å²) in [6.07, 6.45) is -2.70. The molecule has 0 bridgehead atoms. The number of ether oxygens (including phenoxy) is 2. The highest BCUT2D eigenvalue weighted by Gasteiger charge is 2.48. The first-order valence-corrected chi connectivity index (χ1v) is 13.5. The van der Waals surface area contributed by atoms with Crippen molar-refractivity contribution in [3.63, 3.8) is 0 Å². The SMILES string of the molecule is CC/C(=N\C)C1(O)Cc2c(O)c3c(c(O)c2C(OC(O)CC(C)C(O)CC)C1)C(=O)c1c(OC)cccc1C3=O. The monoisotopic (exact) mass is 555 g/mol. The summed E-state index contributed by atoms with van der Waals surface area (Å²) in [7, 11) is 2.89. The highest BCUT2D eigenvalue weighted by molar-refractivity contribution is 6.31. The van der Waals surface area contributed by atoms with E-state index in [1.54, 1.807) is 13.0 Å². The minimum absolute atomic E-state index is 0.00900. The summed E-state index contributed by atoms with van der Waals surface area (Å²) in [4.78, 5) is 31.5. The molecule has 0 saturated carbocycles. The Kier molecular flexibility index (Phi) is 8.37. The molecule has 5 N–H and O–H groups in total. The number of phenolic OH excluding ortho intramolecular Hbond substituents is 2. The lowest BCUT2D eigenvalue weighted by Crippen LogP contribution is -2.46. The molecule has 0 heterocycles. The van der Waals surface area contributed by atoms with Gasteiger partial charge in [-0.05, 0) is 24.8 Å². The Labute approximate surface area is 232 Å². The number of hydrogen-bond acceptors (Lipinski definition) is 10. The van der Waals surface area contributed by atoms with Crippen LogP contribution < -0.4 is 4.74 Å². The number of rotatable bonds is 9. The number of aliphatic hydroxyl groups is 3. The molecule has 0 amide bonds. The number of aliphatic hydroxyl groups excluding tert-OH is 2. The van der Waals surface area contributed by atoms with Crippen molar-refractivity contribution >= 4 is 17.3 Å². The highest BCUT2D eigenvalue weighted by atomic mass is 16.6. The molecule has 5 atom stereocenters. The second-order valence-electron chi connectivity index (χ2n) is 10.6. The summed E-state index contributed by atoms with van der Waals surface area (Å²) >= 11 is 0. The van der Waals surface area contributed by atoms with Gasteiger partial charge >= 0.3 is 0 Å². The van der Waals surface area contributed by atoms with E-state index in [-0.39, 0.29) is 64.3 Å². The predicted molar refractivity (Wildman–Crippen MR) is 146 cm³/mol. The van der Waals surface area contributed by atoms with Crippen LogP contribution in [0.4, 0.5) is 0 Å². The van der Waals surface area contributed by atoms with Crippen molar-refractivity contribution in [1.29, 1.82) is 0 Å². The molecule has 2 aliphatic carbocycles. The van der Waals surface area contributed by atoms with E-state index in [0.717, 1.165) is 0 Å². The summed E-state index contributed by atoms with van der Waals surface area (Å²) in [6, 6.07) is 4.52. The van der Waals surface area contributed by atoms with Crippen LogP contribution in [0.25, 0.3) is 0 Å². The van der Waals surface area contributed by atoms with Crippen molar-refractivity contribution in [2.75, 3.05) is 14.2 Å². The van der Waals surface area contributed by atoms with Gasteiger partial charge in [-0.2, -0.15) is 0 Å². The maximum atomic E-state index is 13.7. The van der Waals surface area contributed by atoms with E-state index in [1.165, 1.54) is 26.3 Å². The number of nitrogens with zero attached hydrogens (tertiary/aromatic N) is 1. The largest absolute Gasteiger partial charge is 0.507 e. The minimum Gasteiger partial charge on any atom is -0.507 e. The topological polar surface area (TPSA) is 166 Å². The molecule has 10 heteroatoms. The average molecular weight is 556 g/mol. The maximum absolute atomic E-state index is 13.7. The average Bonchev–Trinajstić information content (AvgIpc) is 2.92. The lowest BCUT2D eigenvalue weighted by molar-refractivity contribution is -0.165. The zero-order valence-electron chi connectivity index (χ0n) is 23.4. The molecule has 4 rings (SSSR count). The Morgan fingerprint density at radius 2 is 1.77 bits per heavy atom. The zero-order chi connectivity index (χ0) is 29.5. The van der Waals surface area contributed by atoms with Crippen LogP contribution in [0.15, 0.2) is 23.2 Å². The number of ketones is 2. The first kappa shape index (κ1) is 29.7. The van der Waals surface area contributed by atoms with Crippen molar-refractivity contribution in [2.24, 2.45) is 10.9 Å². The highest BCUT2D eigenvalue weighted by Crippen LogP contribution is 2.52. The van der Waals surface area contributed by atoms with Crippen LogP contribution in [0.2, 0.25) is 0 Å². The number of carbonyl (C=O) groups is 2. The minimum atomic E-state index is -1.63. The number of carbonyl (C=O) groups excluding carboxylic acids is 2. The Morgan fingerprint density at radius 3 is 2.38 bits per heavy atom. The summed E-state index contributed by atoms with van der Waals surface area (Å²) in [5, 5.41) is 55.8. The molecule has 0 aromatic heterocycles. The lowest BCUT2D eigenvalue weighted by atomic mass is 9.71. The van der Waals surface area contributed by atoms with E-state index >= 15 is 0 Å². The van der Waals surface area contributed by atoms with Gasteiger partial charge in [-0.15, -0.1) is 0 Å². The van der Waals surface area contributed by atoms with Gasteiger partial charge in [-0.25, -0.2) is 0 Å². The number of hydrogen-bond donors (Lipinski definition) is 5. The van der Waals surface area contributed by atoms with Gasteiger partial charge in [0, 0.05) is 48.7 Å². The number of fused-ring (bicyclic) bond motifs is 3. The fraction of sp³-hybridized carbons (Fsp3) is 0.500. The second kappa shape index (κ2) is 11.3. The second-order valence-corrected chi connectivity index (χ2v) is 10.6. The van der Waals surface area contributed by atoms with Crippen LogP contribution in [-0.2, 0) is 11.2 Å². The molecule has 2 aromatic carbocycles. The summed E-state index contributed by atoms with van der Waals surface area (Å²) in [5.41, 5.74) is -1.94. The first-order chi connectivity index (χ1) is 18.9. The van der Waals surface area contributed by atoms with Crippen molar-refractivity contribution in [2.45, 2.75) is 77.0 Å². The molecule has 10 nitrogen and oxygen atoms in total. The van der Waals surface area contributed by atoms with Gasteiger partial charge in [0.15, 0.2) is 12.1 Å². The van der Waals surface area contributed by atoms with Crippen molar-refractivity contribution in [1.82, 2.24) is 0 Å². The van der Waals surface area contributed by atoms with Crippen molar-refractivity contribution in [3.8, 4) is 17.2 Å². The number of aromatic hydroxyl groups is 2. The van der Waals surface area contributed by atoms with Gasteiger partial charge in [0.05, 0.1) is 36.0 Å². The number of aliphatic imine (C=N–C) groups is 1. The summed E-state index contributed by atoms with van der Waals surface area (Å²) < 4.78 is 11.3. The van der Waals surface area contributed by atoms with Crippen LogP contribution in [0.1, 0.15) is 95.5 Å². The third-order valence-electron chi connectivity index (χ3n) is 8.19. The number of benzene rings is 2. The molecule has 0 saturated heterocycles. The molecular weight excluding hydrogens is 518 g/mol. The van der Waals surface area contributed by atoms with E-state index in [4.69, 9.17) is 9.47 Å². The van der Waals surface area contributed by atoms with E-state index in [2.05, 4.69) is 4.99 Å². The molecule has 2 aliphatic rings.